The van der Waals surface area contributed by atoms with Crippen molar-refractivity contribution in [1.82, 2.24) is 0 Å². The smallest absolute Gasteiger partial charge is 0.182 e. The number of rotatable bonds is 3. The number of methoxy groups -OCH3 is 2. The fourth-order valence-electron chi connectivity index (χ4n) is 1.23. The monoisotopic (exact) mass is 247 g/mol. The summed E-state index contributed by atoms with van der Waals surface area (Å²) in [5.74, 6) is 0.896. The molecular weight excluding hydrogens is 238 g/mol. The van der Waals surface area contributed by atoms with E-state index in [2.05, 4.69) is 5.32 Å². The van der Waals surface area contributed by atoms with E-state index in [-0.39, 0.29) is 4.99 Å². The topological polar surface area (TPSA) is 78.1 Å². The van der Waals surface area contributed by atoms with Crippen LogP contribution in [0.1, 0.15) is 5.56 Å². The molecule has 1 aromatic rings. The Balaban J connectivity index is 3.26. The fraction of sp³-hybridized carbons (Fsp3) is 0.182. The normalized spacial score (nSPS) is 8.71. The van der Waals surface area contributed by atoms with E-state index in [9.17, 15) is 0 Å². The highest BCUT2D eigenvalue weighted by Gasteiger charge is 2.11. The van der Waals surface area contributed by atoms with Crippen molar-refractivity contribution >= 4 is 22.9 Å². The molecule has 0 bridgehead atoms. The van der Waals surface area contributed by atoms with Crippen LogP contribution in [0.4, 0.5) is 5.69 Å². The summed E-state index contributed by atoms with van der Waals surface area (Å²) in [5, 5.41) is 20.2. The van der Waals surface area contributed by atoms with E-state index < -0.39 is 0 Å². The van der Waals surface area contributed by atoms with Gasteiger partial charge in [0.05, 0.1) is 25.5 Å². The molecule has 1 aromatic carbocycles. The van der Waals surface area contributed by atoms with Crippen molar-refractivity contribution in [2.75, 3.05) is 19.5 Å². The second-order valence-corrected chi connectivity index (χ2v) is 3.34. The number of hydrogen-bond donors (Lipinski definition) is 1. The highest BCUT2D eigenvalue weighted by molar-refractivity contribution is 7.81. The number of ether oxygens (including phenoxy) is 2. The molecule has 0 aliphatic rings. The summed E-state index contributed by atoms with van der Waals surface area (Å²) >= 11 is 4.73. The van der Waals surface area contributed by atoms with Gasteiger partial charge in [-0.1, -0.05) is 0 Å². The molecule has 0 aromatic heterocycles. The van der Waals surface area contributed by atoms with Gasteiger partial charge in [-0.15, -0.1) is 0 Å². The van der Waals surface area contributed by atoms with Crippen LogP contribution >= 0.6 is 12.2 Å². The summed E-state index contributed by atoms with van der Waals surface area (Å²) in [4.78, 5) is -0.0197. The molecule has 1 rings (SSSR count). The Kier molecular flexibility index (Phi) is 4.27. The number of nitriles is 2. The lowest BCUT2D eigenvalue weighted by Crippen LogP contribution is -2.07. The minimum absolute atomic E-state index is 0.0197. The van der Waals surface area contributed by atoms with Crippen LogP contribution < -0.4 is 14.8 Å². The lowest BCUT2D eigenvalue weighted by atomic mass is 10.1. The Labute approximate surface area is 104 Å². The Morgan fingerprint density at radius 3 is 2.29 bits per heavy atom. The molecule has 17 heavy (non-hydrogen) atoms. The van der Waals surface area contributed by atoms with Gasteiger partial charge >= 0.3 is 0 Å². The van der Waals surface area contributed by atoms with Crippen molar-refractivity contribution in [3.63, 3.8) is 0 Å². The molecular formula is C11H9N3O2S. The second-order valence-electron chi connectivity index (χ2n) is 2.93. The average Bonchev–Trinajstić information content (AvgIpc) is 2.37. The van der Waals surface area contributed by atoms with Gasteiger partial charge in [0.2, 0.25) is 0 Å². The quantitative estimate of drug-likeness (QED) is 0.821. The third-order valence-electron chi connectivity index (χ3n) is 1.99. The Hall–Kier alpha value is -2.31. The number of nitrogens with zero attached hydrogens (tertiary/aromatic N) is 2. The van der Waals surface area contributed by atoms with Gasteiger partial charge in [-0.2, -0.15) is 10.5 Å². The summed E-state index contributed by atoms with van der Waals surface area (Å²) in [6.07, 6.45) is 0. The van der Waals surface area contributed by atoms with Gasteiger partial charge in [0.25, 0.3) is 0 Å². The van der Waals surface area contributed by atoms with Gasteiger partial charge in [0.1, 0.15) is 12.1 Å². The Bertz CT molecular complexity index is 529. The van der Waals surface area contributed by atoms with Crippen LogP contribution in [0.3, 0.4) is 0 Å². The van der Waals surface area contributed by atoms with Crippen LogP contribution in [0.15, 0.2) is 12.1 Å². The summed E-state index contributed by atoms with van der Waals surface area (Å²) in [5.41, 5.74) is 0.733. The van der Waals surface area contributed by atoms with Crippen LogP contribution in [-0.2, 0) is 0 Å². The first kappa shape index (κ1) is 12.8. The lowest BCUT2D eigenvalue weighted by Gasteiger charge is -2.11. The fourth-order valence-corrected chi connectivity index (χ4v) is 1.34. The van der Waals surface area contributed by atoms with E-state index >= 15 is 0 Å². The number of thiocarbonyl (C=S) groups is 1. The first-order valence-corrected chi connectivity index (χ1v) is 4.94. The molecule has 0 aliphatic heterocycles. The van der Waals surface area contributed by atoms with Crippen LogP contribution in [0.5, 0.6) is 11.5 Å². The highest BCUT2D eigenvalue weighted by atomic mass is 32.1. The third-order valence-corrected chi connectivity index (χ3v) is 2.19. The number of anilines is 1. The first-order chi connectivity index (χ1) is 8.15. The van der Waals surface area contributed by atoms with Crippen molar-refractivity contribution in [1.29, 1.82) is 10.5 Å². The predicted molar refractivity (Wildman–Crippen MR) is 66.1 cm³/mol. The largest absolute Gasteiger partial charge is 0.493 e. The molecule has 0 radical (unpaired) electrons. The molecule has 0 aliphatic carbocycles. The van der Waals surface area contributed by atoms with Crippen LogP contribution in [-0.4, -0.2) is 19.2 Å². The minimum atomic E-state index is -0.0197. The van der Waals surface area contributed by atoms with Crippen molar-refractivity contribution in [3.8, 4) is 23.6 Å². The molecule has 0 heterocycles. The molecule has 0 amide bonds. The maximum absolute atomic E-state index is 8.98. The SMILES string of the molecule is COc1cc(C#N)c(NC(=S)C#N)cc1OC. The van der Waals surface area contributed by atoms with Gasteiger partial charge in [0.15, 0.2) is 16.5 Å². The van der Waals surface area contributed by atoms with Crippen molar-refractivity contribution in [2.45, 2.75) is 0 Å². The Morgan fingerprint density at radius 1 is 1.24 bits per heavy atom. The van der Waals surface area contributed by atoms with Gasteiger partial charge < -0.3 is 14.8 Å². The van der Waals surface area contributed by atoms with E-state index in [1.54, 1.807) is 12.1 Å². The van der Waals surface area contributed by atoms with Crippen LogP contribution in [0, 0.1) is 22.7 Å². The molecule has 1 N–H and O–H groups in total. The number of hydrogen-bond acceptors (Lipinski definition) is 5. The molecule has 0 spiro atoms. The van der Waals surface area contributed by atoms with E-state index in [1.165, 1.54) is 20.3 Å². The van der Waals surface area contributed by atoms with Gasteiger partial charge in [-0.25, -0.2) is 0 Å². The maximum atomic E-state index is 8.98. The average molecular weight is 247 g/mol. The molecule has 6 heteroatoms. The maximum Gasteiger partial charge on any atom is 0.182 e. The zero-order valence-electron chi connectivity index (χ0n) is 9.27. The first-order valence-electron chi connectivity index (χ1n) is 4.53. The van der Waals surface area contributed by atoms with Gasteiger partial charge in [0, 0.05) is 12.1 Å². The number of benzene rings is 1. The molecule has 5 nitrogen and oxygen atoms in total. The zero-order valence-corrected chi connectivity index (χ0v) is 10.1. The molecule has 86 valence electrons. The van der Waals surface area contributed by atoms with Crippen LogP contribution in [0.25, 0.3) is 0 Å². The van der Waals surface area contributed by atoms with E-state index in [1.807, 2.05) is 6.07 Å². The van der Waals surface area contributed by atoms with Crippen molar-refractivity contribution in [3.05, 3.63) is 17.7 Å². The molecule has 0 atom stereocenters. The van der Waals surface area contributed by atoms with Gasteiger partial charge in [-0.05, 0) is 12.2 Å². The summed E-state index contributed by atoms with van der Waals surface area (Å²) < 4.78 is 10.2. The highest BCUT2D eigenvalue weighted by Crippen LogP contribution is 2.32. The van der Waals surface area contributed by atoms with E-state index in [0.717, 1.165) is 0 Å². The standard InChI is InChI=1S/C11H9N3O2S/c1-15-9-3-7(5-12)8(4-10(9)16-2)14-11(17)6-13/h3-4H,1-2H3,(H,14,17). The second kappa shape index (κ2) is 5.69. The van der Waals surface area contributed by atoms with Crippen molar-refractivity contribution < 1.29 is 9.47 Å². The molecule has 0 saturated heterocycles. The van der Waals surface area contributed by atoms with Crippen molar-refractivity contribution in [2.24, 2.45) is 0 Å². The predicted octanol–water partition coefficient (Wildman–Crippen LogP) is 1.84. The van der Waals surface area contributed by atoms with Gasteiger partial charge in [-0.3, -0.25) is 0 Å². The molecule has 0 fully saturated rings. The minimum Gasteiger partial charge on any atom is -0.493 e. The van der Waals surface area contributed by atoms with E-state index in [0.29, 0.717) is 22.7 Å². The summed E-state index contributed by atoms with van der Waals surface area (Å²) in [7, 11) is 2.96. The zero-order chi connectivity index (χ0) is 12.8. The molecule has 0 unspecified atom stereocenters. The lowest BCUT2D eigenvalue weighted by molar-refractivity contribution is 0.355. The van der Waals surface area contributed by atoms with Crippen LogP contribution in [0.2, 0.25) is 0 Å². The summed E-state index contributed by atoms with van der Waals surface area (Å²) in [6.45, 7) is 0. The Morgan fingerprint density at radius 2 is 1.82 bits per heavy atom. The van der Waals surface area contributed by atoms with E-state index in [4.69, 9.17) is 32.2 Å². The number of nitrogens with one attached hydrogen (secondary N) is 1. The summed E-state index contributed by atoms with van der Waals surface area (Å²) in [6, 6.07) is 6.83. The third kappa shape index (κ3) is 2.83. The molecule has 0 saturated carbocycles.